The molecule has 113 heavy (non-hydrogen) atoms. The molecule has 1 aliphatic carbocycles. The average Bonchev–Trinajstić information content (AvgIpc) is 1.49. The number of nitrogen functional groups attached to an aromatic ring is 1. The summed E-state index contributed by atoms with van der Waals surface area (Å²) in [4.78, 5) is 120. The van der Waals surface area contributed by atoms with Crippen molar-refractivity contribution in [2.75, 3.05) is 81.8 Å². The molecule has 2 saturated heterocycles. The zero-order valence-corrected chi connectivity index (χ0v) is 67.2. The van der Waals surface area contributed by atoms with E-state index < -0.39 is 109 Å². The molecule has 6 aliphatic rings. The minimum absolute atomic E-state index is 0.0255. The largest absolute Gasteiger partial charge is 0.496 e. The number of nitrogens with two attached hydrogens (primary N) is 1. The number of carboxylic acid groups (broad SMARTS) is 2. The number of aliphatic carboxylic acids is 2. The van der Waals surface area contributed by atoms with Crippen molar-refractivity contribution in [1.29, 1.82) is 0 Å². The third-order valence-electron chi connectivity index (χ3n) is 25.7. The Morgan fingerprint density at radius 1 is 0.832 bits per heavy atom. The fourth-order valence-corrected chi connectivity index (χ4v) is 29.0. The molecule has 3 unspecified atom stereocenters. The maximum atomic E-state index is 15.9. The van der Waals surface area contributed by atoms with E-state index in [0.717, 1.165) is 43.8 Å². The molecule has 1 saturated carbocycles. The van der Waals surface area contributed by atoms with Crippen LogP contribution in [0.25, 0.3) is 22.1 Å². The number of esters is 1. The van der Waals surface area contributed by atoms with Crippen LogP contribution in [-0.4, -0.2) is 208 Å². The molecule has 13 atom stereocenters. The van der Waals surface area contributed by atoms with Crippen LogP contribution in [0, 0.1) is 17.3 Å². The lowest BCUT2D eigenvalue weighted by atomic mass is 9.47. The Bertz CT molecular complexity index is 5130. The molecule has 3 amide bonds. The van der Waals surface area contributed by atoms with Crippen LogP contribution in [0.5, 0.6) is 5.75 Å². The maximum Gasteiger partial charge on any atom is 0.326 e. The number of amides is 3. The summed E-state index contributed by atoms with van der Waals surface area (Å²) in [6, 6.07) is 30.7. The summed E-state index contributed by atoms with van der Waals surface area (Å²) in [5, 5.41) is 74.0. The third kappa shape index (κ3) is 14.0. The summed E-state index contributed by atoms with van der Waals surface area (Å²) in [6.07, 6.45) is 6.62. The van der Waals surface area contributed by atoms with Crippen LogP contribution in [0.1, 0.15) is 121 Å². The van der Waals surface area contributed by atoms with Crippen molar-refractivity contribution in [3.8, 4) is 5.75 Å². The van der Waals surface area contributed by atoms with Crippen molar-refractivity contribution < 1.29 is 67.9 Å². The molecule has 8 heterocycles. The summed E-state index contributed by atoms with van der Waals surface area (Å²) >= 11 is 0. The van der Waals surface area contributed by atoms with Gasteiger partial charge in [-0.25, -0.2) is 14.8 Å². The van der Waals surface area contributed by atoms with Gasteiger partial charge >= 0.3 is 17.9 Å². The van der Waals surface area contributed by atoms with Crippen LogP contribution >= 0.6 is 0 Å². The lowest BCUT2D eigenvalue weighted by Gasteiger charge is -2.64. The van der Waals surface area contributed by atoms with E-state index in [2.05, 4.69) is 92.1 Å². The molecule has 2 bridgehead atoms. The number of methoxy groups -OCH3 is 2. The normalized spacial score (nSPS) is 26.4. The van der Waals surface area contributed by atoms with Gasteiger partial charge in [-0.15, -0.1) is 0 Å². The lowest BCUT2D eigenvalue weighted by Crippen LogP contribution is -2.80. The first-order valence-corrected chi connectivity index (χ1v) is 44.4. The lowest BCUT2D eigenvalue weighted by molar-refractivity contribution is -0.196. The van der Waals surface area contributed by atoms with E-state index in [-0.39, 0.29) is 67.0 Å². The highest BCUT2D eigenvalue weighted by Crippen LogP contribution is 2.68. The number of carbonyl (C=O) groups is 6. The zero-order valence-electron chi connectivity index (χ0n) is 65.2. The highest BCUT2D eigenvalue weighted by atomic mass is 28.4. The Kier molecular flexibility index (Phi) is 21.5. The Labute approximate surface area is 656 Å². The Morgan fingerprint density at radius 2 is 1.54 bits per heavy atom. The number of para-hydroxylation sites is 1. The molecule has 0 radical (unpaired) electrons. The Balaban J connectivity index is 0.677. The first kappa shape index (κ1) is 79.5. The van der Waals surface area contributed by atoms with Crippen LogP contribution in [-0.2, 0) is 51.8 Å². The first-order valence-electron chi connectivity index (χ1n) is 38.9. The smallest absolute Gasteiger partial charge is 0.326 e. The van der Waals surface area contributed by atoms with Crippen molar-refractivity contribution in [2.24, 2.45) is 17.3 Å². The summed E-state index contributed by atoms with van der Waals surface area (Å²) in [6.45, 7) is 15.2. The summed E-state index contributed by atoms with van der Waals surface area (Å²) < 4.78 is 20.1. The Hall–Kier alpha value is -10.2. The number of nitrogens with one attached hydrogen (secondary N) is 6. The summed E-state index contributed by atoms with van der Waals surface area (Å²) in [5.74, 6) is -4.68. The number of fused-ring (bicyclic) bond motifs is 7. The maximum absolute atomic E-state index is 15.9. The molecule has 8 aromatic rings. The van der Waals surface area contributed by atoms with Crippen molar-refractivity contribution in [3.63, 3.8) is 0 Å². The quantitative estimate of drug-likeness (QED) is 0.0156. The van der Waals surface area contributed by atoms with Gasteiger partial charge in [0.1, 0.15) is 22.8 Å². The minimum atomic E-state index is -3.04. The number of carboxylic acids is 2. The number of carbonyl (C=O) groups excluding carboxylic acids is 4. The van der Waals surface area contributed by atoms with Crippen LogP contribution < -0.4 is 52.6 Å². The fourth-order valence-electron chi connectivity index (χ4n) is 20.2. The number of piperidine rings is 1. The van der Waals surface area contributed by atoms with Crippen LogP contribution in [0.15, 0.2) is 132 Å². The number of nitrogens with zero attached hydrogens (tertiary/aromatic N) is 6. The van der Waals surface area contributed by atoms with Crippen LogP contribution in [0.2, 0.25) is 25.7 Å². The molecule has 14 rings (SSSR count). The fraction of sp³-hybridized carbons (Fsp3) is 0.446. The number of aromatic nitrogens is 5. The minimum Gasteiger partial charge on any atom is -0.496 e. The van der Waals surface area contributed by atoms with Gasteiger partial charge in [0.15, 0.2) is 11.2 Å². The topological polar surface area (TPSA) is 402 Å². The molecule has 13 N–H and O–H groups in total. The number of hydrogen-bond donors (Lipinski definition) is 12. The van der Waals surface area contributed by atoms with Gasteiger partial charge in [0.05, 0.1) is 56.9 Å². The van der Waals surface area contributed by atoms with Crippen LogP contribution in [0.3, 0.4) is 0 Å². The molecule has 5 aliphatic heterocycles. The molecular weight excluding hydrogens is 1480 g/mol. The molecule has 5 aromatic carbocycles. The van der Waals surface area contributed by atoms with Crippen LogP contribution in [0.4, 0.5) is 23.0 Å². The number of likely N-dealkylation sites (N-methyl/N-ethyl adjacent to an activating group) is 1. The molecule has 3 aromatic heterocycles. The molecule has 3 fully saturated rings. The second-order valence-corrected chi connectivity index (χ2v) is 40.4. The van der Waals surface area contributed by atoms with Gasteiger partial charge in [0.25, 0.3) is 17.4 Å². The summed E-state index contributed by atoms with van der Waals surface area (Å²) in [7, 11) is -0.982. The summed E-state index contributed by atoms with van der Waals surface area (Å²) in [5.41, 5.74) is 5.56. The highest BCUT2D eigenvalue weighted by molar-refractivity contribution is 6.97. The molecular formula is C83H101N13O15Si2. The van der Waals surface area contributed by atoms with Gasteiger partial charge in [-0.3, -0.25) is 43.6 Å². The number of H-pyrrole nitrogens is 2. The van der Waals surface area contributed by atoms with E-state index in [0.29, 0.717) is 111 Å². The number of aromatic amines is 2. The van der Waals surface area contributed by atoms with Gasteiger partial charge < -0.3 is 76.0 Å². The average molecular weight is 1580 g/mol. The number of aliphatic hydroxyl groups excluding tert-OH is 1. The van der Waals surface area contributed by atoms with Crippen molar-refractivity contribution in [3.05, 3.63) is 177 Å². The third-order valence-corrected chi connectivity index (χ3v) is 34.1. The highest BCUT2D eigenvalue weighted by Gasteiger charge is 2.77. The van der Waals surface area contributed by atoms with E-state index in [1.165, 1.54) is 25.4 Å². The number of rotatable bonds is 26. The number of anilines is 4. The van der Waals surface area contributed by atoms with E-state index in [4.69, 9.17) is 19.3 Å². The van der Waals surface area contributed by atoms with Crippen molar-refractivity contribution in [1.82, 2.24) is 45.4 Å². The number of benzene rings is 5. The predicted octanol–water partition coefficient (Wildman–Crippen LogP) is 6.52. The van der Waals surface area contributed by atoms with E-state index in [1.54, 1.807) is 43.5 Å². The predicted molar refractivity (Wildman–Crippen MR) is 433 cm³/mol. The first-order chi connectivity index (χ1) is 53.9. The second-order valence-electron chi connectivity index (χ2n) is 32.5. The van der Waals surface area contributed by atoms with Gasteiger partial charge in [0.2, 0.25) is 28.5 Å². The van der Waals surface area contributed by atoms with E-state index in [1.807, 2.05) is 89.1 Å². The standard InChI is InChI=1S/C83H101N13O15Si2/c1-10-79(107)42-51-45-95(47-79)37-33-58-57-16-12-13-17-61(57)90-68(58)83(48(51)3,77(106)110-6)60-40-59-63(41-64(60)109-5)94(4)75-81(59)35-38-96-36-15-34-80(11-2,74(81)96)76(105)82(75,108)46-87-70(100)49-21-27-55(28-22-49)112(7,8)111-113(9,39-14-18-66(98)99)56-29-25-53(26-30-56)88-65(97)32-31-62(73(103)104)91-71(101)50-19-23-52(24-20-50)85-43-54-44-86-69-67(89-54)72(102)93-78(84)92-69/h12-13,15-17,19-30,34,40-41,44,48,51,62,74-76,85,90,105,107-108H,10-11,14,18,31-33,35-39,42-43,45-47H2,1-9H3,(H,87,100)(H,88,97)(H,91,101)(H,98,99)(H,103,104)(H3,84,86,92,93,102)/t48-,51?,62-,74+,75+,76+,79-,80+,81+,82-,83-,113?/m0/s1. The van der Waals surface area contributed by atoms with Gasteiger partial charge in [-0.1, -0.05) is 75.4 Å². The van der Waals surface area contributed by atoms with Crippen molar-refractivity contribution in [2.45, 2.75) is 157 Å². The number of ether oxygens (including phenoxy) is 2. The van der Waals surface area contributed by atoms with Gasteiger partial charge in [-0.05, 0) is 171 Å². The molecule has 1 spiro atoms. The van der Waals surface area contributed by atoms with Gasteiger partial charge in [0, 0.05) is 119 Å². The number of hydrogen-bond acceptors (Lipinski definition) is 21. The molecule has 30 heteroatoms. The monoisotopic (exact) mass is 1580 g/mol. The van der Waals surface area contributed by atoms with E-state index >= 15 is 4.79 Å². The Morgan fingerprint density at radius 3 is 2.24 bits per heavy atom. The van der Waals surface area contributed by atoms with Crippen molar-refractivity contribution >= 4 is 108 Å². The molecule has 596 valence electrons. The van der Waals surface area contributed by atoms with E-state index in [9.17, 15) is 54.3 Å². The zero-order chi connectivity index (χ0) is 80.5. The second kappa shape index (κ2) is 30.6. The van der Waals surface area contributed by atoms with Gasteiger partial charge in [-0.2, -0.15) is 4.98 Å². The SMILES string of the molecule is CC[C@]1(O)CC2CN(CCc3c([nH]c4ccccc34)[C@@](C(=O)OC)(c3cc4c(cc3OC)N(C)[C@H]3[C@@](O)(CNC(=O)c5ccc([Si](C)(C)O[Si](C)(CCCC(=O)O)c6ccc(NC(=O)CC[C@H](NC(=O)c7ccc(NCc8cnc9nc(N)[nH]c(=O)c9n8)cc7)C(=O)O)cc6)cc5)[C@H](O)[C@]5(CC)C=CCN6CC[C@]43[C@H]65)[C@H]2C)C1. The number of aliphatic hydroxyl groups is 3. The molecule has 28 nitrogen and oxygen atoms in total.